The van der Waals surface area contributed by atoms with Crippen LogP contribution in [0.25, 0.3) is 21.9 Å². The van der Waals surface area contributed by atoms with Crippen LogP contribution in [0.3, 0.4) is 0 Å². The van der Waals surface area contributed by atoms with Gasteiger partial charge in [0.05, 0.1) is 0 Å². The van der Waals surface area contributed by atoms with Gasteiger partial charge in [0, 0.05) is 35.5 Å². The molecule has 4 heteroatoms. The van der Waals surface area contributed by atoms with Crippen molar-refractivity contribution in [2.24, 2.45) is 0 Å². The van der Waals surface area contributed by atoms with Gasteiger partial charge in [-0.15, -0.1) is 0 Å². The number of para-hydroxylation sites is 1. The lowest BCUT2D eigenvalue weighted by Crippen LogP contribution is -2.31. The van der Waals surface area contributed by atoms with Crippen LogP contribution in [0.4, 0.5) is 0 Å². The molecule has 0 amide bonds. The summed E-state index contributed by atoms with van der Waals surface area (Å²) in [5, 5.41) is 2.32. The third-order valence-electron chi connectivity index (χ3n) is 4.41. The molecule has 0 spiro atoms. The Labute approximate surface area is 124 Å². The summed E-state index contributed by atoms with van der Waals surface area (Å²) in [4.78, 5) is 15.2. The SMILES string of the molecule is c1ccc2c(c1)[nH]c1nc(CCN3CCCCC3)ncc12. The molecule has 3 heterocycles. The van der Waals surface area contributed by atoms with Crippen molar-refractivity contribution < 1.29 is 0 Å². The fourth-order valence-electron chi connectivity index (χ4n) is 3.23. The number of hydrogen-bond donors (Lipinski definition) is 1. The van der Waals surface area contributed by atoms with E-state index < -0.39 is 0 Å². The molecule has 21 heavy (non-hydrogen) atoms. The number of H-pyrrole nitrogens is 1. The highest BCUT2D eigenvalue weighted by Crippen LogP contribution is 2.23. The molecule has 1 aliphatic heterocycles. The van der Waals surface area contributed by atoms with E-state index in [0.29, 0.717) is 0 Å². The maximum Gasteiger partial charge on any atom is 0.142 e. The van der Waals surface area contributed by atoms with Crippen molar-refractivity contribution in [2.75, 3.05) is 19.6 Å². The molecule has 1 fully saturated rings. The summed E-state index contributed by atoms with van der Waals surface area (Å²) in [6.07, 6.45) is 6.95. The zero-order chi connectivity index (χ0) is 14.1. The number of nitrogens with zero attached hydrogens (tertiary/aromatic N) is 3. The lowest BCUT2D eigenvalue weighted by molar-refractivity contribution is 0.230. The number of fused-ring (bicyclic) bond motifs is 3. The van der Waals surface area contributed by atoms with Crippen LogP contribution < -0.4 is 0 Å². The first-order chi connectivity index (χ1) is 10.4. The summed E-state index contributed by atoms with van der Waals surface area (Å²) in [6.45, 7) is 3.54. The van der Waals surface area contributed by atoms with Gasteiger partial charge >= 0.3 is 0 Å². The van der Waals surface area contributed by atoms with Crippen LogP contribution in [0.2, 0.25) is 0 Å². The van der Waals surface area contributed by atoms with Crippen LogP contribution in [0.15, 0.2) is 30.5 Å². The van der Waals surface area contributed by atoms with Crippen molar-refractivity contribution in [3.8, 4) is 0 Å². The van der Waals surface area contributed by atoms with Gasteiger partial charge in [-0.2, -0.15) is 0 Å². The fraction of sp³-hybridized carbons (Fsp3) is 0.412. The predicted octanol–water partition coefficient (Wildman–Crippen LogP) is 3.14. The van der Waals surface area contributed by atoms with E-state index in [0.717, 1.165) is 35.3 Å². The second-order valence-electron chi connectivity index (χ2n) is 5.87. The Bertz CT molecular complexity index is 756. The first-order valence-electron chi connectivity index (χ1n) is 7.85. The van der Waals surface area contributed by atoms with Crippen molar-refractivity contribution in [1.29, 1.82) is 0 Å². The normalized spacial score (nSPS) is 16.8. The first-order valence-corrected chi connectivity index (χ1v) is 7.85. The van der Waals surface area contributed by atoms with E-state index in [1.54, 1.807) is 0 Å². The Morgan fingerprint density at radius 3 is 2.81 bits per heavy atom. The third kappa shape index (κ3) is 2.51. The van der Waals surface area contributed by atoms with E-state index in [9.17, 15) is 0 Å². The molecule has 1 aromatic carbocycles. The molecule has 2 aromatic heterocycles. The topological polar surface area (TPSA) is 44.8 Å². The zero-order valence-corrected chi connectivity index (χ0v) is 12.2. The minimum atomic E-state index is 0.936. The molecular weight excluding hydrogens is 260 g/mol. The highest BCUT2D eigenvalue weighted by Gasteiger charge is 2.11. The number of aromatic amines is 1. The van der Waals surface area contributed by atoms with Crippen LogP contribution in [0.1, 0.15) is 25.1 Å². The average molecular weight is 280 g/mol. The smallest absolute Gasteiger partial charge is 0.142 e. The minimum Gasteiger partial charge on any atom is -0.339 e. The molecule has 1 saturated heterocycles. The summed E-state index contributed by atoms with van der Waals surface area (Å²) in [7, 11) is 0. The standard InChI is InChI=1S/C17H20N4/c1-4-9-21(10-5-1)11-8-16-18-12-14-13-6-2-3-7-15(13)19-17(14)20-16/h2-3,6-7,12H,1,4-5,8-11H2,(H,18,19,20). The molecule has 0 aliphatic carbocycles. The van der Waals surface area contributed by atoms with Crippen LogP contribution in [-0.2, 0) is 6.42 Å². The number of piperidine rings is 1. The van der Waals surface area contributed by atoms with E-state index in [-0.39, 0.29) is 0 Å². The Morgan fingerprint density at radius 1 is 1.05 bits per heavy atom. The Kier molecular flexibility index (Phi) is 3.31. The van der Waals surface area contributed by atoms with Crippen molar-refractivity contribution in [2.45, 2.75) is 25.7 Å². The average Bonchev–Trinajstić information content (AvgIpc) is 2.91. The molecule has 1 aliphatic rings. The summed E-state index contributed by atoms with van der Waals surface area (Å²) < 4.78 is 0. The van der Waals surface area contributed by atoms with Gasteiger partial charge in [0.25, 0.3) is 0 Å². The van der Waals surface area contributed by atoms with Gasteiger partial charge in [-0.05, 0) is 32.0 Å². The lowest BCUT2D eigenvalue weighted by Gasteiger charge is -2.25. The predicted molar refractivity (Wildman–Crippen MR) is 85.4 cm³/mol. The number of nitrogens with one attached hydrogen (secondary N) is 1. The van der Waals surface area contributed by atoms with Crippen LogP contribution in [0.5, 0.6) is 0 Å². The Balaban J connectivity index is 1.57. The van der Waals surface area contributed by atoms with Gasteiger partial charge < -0.3 is 9.88 Å². The molecular formula is C17H20N4. The highest BCUT2D eigenvalue weighted by atomic mass is 15.1. The Morgan fingerprint density at radius 2 is 1.90 bits per heavy atom. The number of hydrogen-bond acceptors (Lipinski definition) is 3. The Hall–Kier alpha value is -1.94. The van der Waals surface area contributed by atoms with Gasteiger partial charge in [-0.1, -0.05) is 24.6 Å². The minimum absolute atomic E-state index is 0.936. The summed E-state index contributed by atoms with van der Waals surface area (Å²) >= 11 is 0. The summed E-state index contributed by atoms with van der Waals surface area (Å²) in [6, 6.07) is 8.30. The number of rotatable bonds is 3. The molecule has 4 rings (SSSR count). The van der Waals surface area contributed by atoms with E-state index in [2.05, 4.69) is 33.1 Å². The number of aromatic nitrogens is 3. The van der Waals surface area contributed by atoms with Gasteiger partial charge in [0.2, 0.25) is 0 Å². The van der Waals surface area contributed by atoms with Crippen molar-refractivity contribution in [1.82, 2.24) is 19.9 Å². The monoisotopic (exact) mass is 280 g/mol. The van der Waals surface area contributed by atoms with Gasteiger partial charge in [0.15, 0.2) is 0 Å². The van der Waals surface area contributed by atoms with Crippen molar-refractivity contribution in [3.63, 3.8) is 0 Å². The number of benzene rings is 1. The quantitative estimate of drug-likeness (QED) is 0.801. The van der Waals surface area contributed by atoms with Gasteiger partial charge in [0.1, 0.15) is 11.5 Å². The molecule has 1 N–H and O–H groups in total. The summed E-state index contributed by atoms with van der Waals surface area (Å²) in [5.74, 6) is 0.944. The molecule has 0 saturated carbocycles. The largest absolute Gasteiger partial charge is 0.339 e. The number of likely N-dealkylation sites (tertiary alicyclic amines) is 1. The third-order valence-corrected chi connectivity index (χ3v) is 4.41. The second-order valence-corrected chi connectivity index (χ2v) is 5.87. The first kappa shape index (κ1) is 12.8. The lowest BCUT2D eigenvalue weighted by atomic mass is 10.1. The maximum absolute atomic E-state index is 4.70. The van der Waals surface area contributed by atoms with E-state index in [1.807, 2.05) is 12.3 Å². The molecule has 108 valence electrons. The van der Waals surface area contributed by atoms with Crippen LogP contribution >= 0.6 is 0 Å². The molecule has 3 aromatic rings. The fourth-order valence-corrected chi connectivity index (χ4v) is 3.23. The van der Waals surface area contributed by atoms with Crippen LogP contribution in [-0.4, -0.2) is 39.5 Å². The van der Waals surface area contributed by atoms with Crippen molar-refractivity contribution >= 4 is 21.9 Å². The van der Waals surface area contributed by atoms with E-state index in [4.69, 9.17) is 4.98 Å². The molecule has 0 atom stereocenters. The molecule has 4 nitrogen and oxygen atoms in total. The summed E-state index contributed by atoms with van der Waals surface area (Å²) in [5.41, 5.74) is 2.09. The maximum atomic E-state index is 4.70. The van der Waals surface area contributed by atoms with Crippen LogP contribution in [0, 0.1) is 0 Å². The van der Waals surface area contributed by atoms with Crippen molar-refractivity contribution in [3.05, 3.63) is 36.3 Å². The molecule has 0 radical (unpaired) electrons. The van der Waals surface area contributed by atoms with E-state index in [1.165, 1.54) is 37.7 Å². The van der Waals surface area contributed by atoms with Gasteiger partial charge in [-0.3, -0.25) is 0 Å². The van der Waals surface area contributed by atoms with E-state index >= 15 is 0 Å². The molecule has 0 bridgehead atoms. The molecule has 0 unspecified atom stereocenters. The van der Waals surface area contributed by atoms with Gasteiger partial charge in [-0.25, -0.2) is 9.97 Å². The highest BCUT2D eigenvalue weighted by molar-refractivity contribution is 6.05. The zero-order valence-electron chi connectivity index (χ0n) is 12.2. The second kappa shape index (κ2) is 5.45.